The SMILES string of the molecule is COCCOc1ccc(CNC(=O)c2oc3ccc(F)cc3c2C)cn1. The van der Waals surface area contributed by atoms with Gasteiger partial charge >= 0.3 is 0 Å². The molecule has 3 rings (SSSR count). The first-order chi connectivity index (χ1) is 12.6. The van der Waals surface area contributed by atoms with Crippen LogP contribution in [0.3, 0.4) is 0 Å². The maximum absolute atomic E-state index is 13.4. The minimum Gasteiger partial charge on any atom is -0.475 e. The van der Waals surface area contributed by atoms with Crippen LogP contribution in [0.1, 0.15) is 21.7 Å². The molecule has 26 heavy (non-hydrogen) atoms. The lowest BCUT2D eigenvalue weighted by molar-refractivity contribution is 0.0924. The van der Waals surface area contributed by atoms with E-state index in [1.807, 2.05) is 6.07 Å². The van der Waals surface area contributed by atoms with Crippen molar-refractivity contribution in [1.29, 1.82) is 0 Å². The van der Waals surface area contributed by atoms with Gasteiger partial charge in [-0.05, 0) is 30.7 Å². The van der Waals surface area contributed by atoms with Gasteiger partial charge in [0.2, 0.25) is 5.88 Å². The molecule has 0 saturated heterocycles. The molecule has 7 heteroatoms. The van der Waals surface area contributed by atoms with Crippen LogP contribution >= 0.6 is 0 Å². The van der Waals surface area contributed by atoms with Crippen molar-refractivity contribution in [1.82, 2.24) is 10.3 Å². The van der Waals surface area contributed by atoms with Crippen molar-refractivity contribution < 1.29 is 23.1 Å². The number of ether oxygens (including phenoxy) is 2. The summed E-state index contributed by atoms with van der Waals surface area (Å²) in [6, 6.07) is 7.72. The number of aryl methyl sites for hydroxylation is 1. The number of fused-ring (bicyclic) bond motifs is 1. The summed E-state index contributed by atoms with van der Waals surface area (Å²) in [4.78, 5) is 16.5. The maximum atomic E-state index is 13.4. The number of nitrogens with zero attached hydrogens (tertiary/aromatic N) is 1. The summed E-state index contributed by atoms with van der Waals surface area (Å²) in [6.07, 6.45) is 1.63. The zero-order valence-corrected chi connectivity index (χ0v) is 14.5. The Kier molecular flexibility index (Phi) is 5.48. The van der Waals surface area contributed by atoms with Crippen LogP contribution in [0.25, 0.3) is 11.0 Å². The standard InChI is InChI=1S/C19H19FN2O4/c1-12-15-9-14(20)4-5-16(15)26-18(12)19(23)22-11-13-3-6-17(21-10-13)25-8-7-24-2/h3-6,9-10H,7-8,11H2,1-2H3,(H,22,23). The third-order valence-electron chi connectivity index (χ3n) is 3.89. The van der Waals surface area contributed by atoms with E-state index >= 15 is 0 Å². The number of halogens is 1. The summed E-state index contributed by atoms with van der Waals surface area (Å²) in [6.45, 7) is 2.93. The fourth-order valence-electron chi connectivity index (χ4n) is 2.50. The zero-order valence-electron chi connectivity index (χ0n) is 14.5. The third-order valence-corrected chi connectivity index (χ3v) is 3.89. The molecule has 0 fully saturated rings. The lowest BCUT2D eigenvalue weighted by Gasteiger charge is -2.06. The molecule has 1 N–H and O–H groups in total. The number of pyridine rings is 1. The summed E-state index contributed by atoms with van der Waals surface area (Å²) in [7, 11) is 1.60. The van der Waals surface area contributed by atoms with Gasteiger partial charge in [-0.1, -0.05) is 6.07 Å². The number of amides is 1. The third kappa shape index (κ3) is 4.00. The predicted octanol–water partition coefficient (Wildman–Crippen LogP) is 3.23. The number of carbonyl (C=O) groups excluding carboxylic acids is 1. The molecule has 0 aliphatic heterocycles. The van der Waals surface area contributed by atoms with Gasteiger partial charge in [-0.2, -0.15) is 0 Å². The number of methoxy groups -OCH3 is 1. The second kappa shape index (κ2) is 7.97. The topological polar surface area (TPSA) is 73.6 Å². The summed E-state index contributed by atoms with van der Waals surface area (Å²) < 4.78 is 29.2. The zero-order chi connectivity index (χ0) is 18.5. The monoisotopic (exact) mass is 358 g/mol. The quantitative estimate of drug-likeness (QED) is 0.657. The van der Waals surface area contributed by atoms with E-state index in [9.17, 15) is 9.18 Å². The summed E-state index contributed by atoms with van der Waals surface area (Å²) in [5.74, 6) is -0.0582. The van der Waals surface area contributed by atoms with Gasteiger partial charge in [-0.3, -0.25) is 4.79 Å². The van der Waals surface area contributed by atoms with Gasteiger partial charge in [0.1, 0.15) is 18.0 Å². The molecule has 0 spiro atoms. The van der Waals surface area contributed by atoms with Crippen molar-refractivity contribution in [3.8, 4) is 5.88 Å². The highest BCUT2D eigenvalue weighted by atomic mass is 19.1. The molecule has 6 nitrogen and oxygen atoms in total. The van der Waals surface area contributed by atoms with Crippen molar-refractivity contribution in [3.63, 3.8) is 0 Å². The summed E-state index contributed by atoms with van der Waals surface area (Å²) in [5, 5.41) is 3.37. The van der Waals surface area contributed by atoms with Gasteiger partial charge in [0, 0.05) is 36.9 Å². The van der Waals surface area contributed by atoms with E-state index in [4.69, 9.17) is 13.9 Å². The molecule has 0 radical (unpaired) electrons. The molecule has 0 saturated carbocycles. The molecule has 0 bridgehead atoms. The van der Waals surface area contributed by atoms with Crippen LogP contribution in [0.2, 0.25) is 0 Å². The van der Waals surface area contributed by atoms with E-state index in [0.29, 0.717) is 35.6 Å². The normalized spacial score (nSPS) is 10.9. The average molecular weight is 358 g/mol. The van der Waals surface area contributed by atoms with E-state index in [2.05, 4.69) is 10.3 Å². The van der Waals surface area contributed by atoms with E-state index in [0.717, 1.165) is 5.56 Å². The Morgan fingerprint density at radius 3 is 2.85 bits per heavy atom. The Morgan fingerprint density at radius 2 is 2.12 bits per heavy atom. The van der Waals surface area contributed by atoms with Crippen LogP contribution in [0, 0.1) is 12.7 Å². The first kappa shape index (κ1) is 17.9. The highest BCUT2D eigenvalue weighted by Crippen LogP contribution is 2.26. The van der Waals surface area contributed by atoms with Crippen LogP contribution < -0.4 is 10.1 Å². The number of nitrogens with one attached hydrogen (secondary N) is 1. The van der Waals surface area contributed by atoms with Crippen molar-refractivity contribution in [2.24, 2.45) is 0 Å². The van der Waals surface area contributed by atoms with Crippen LogP contribution in [0.5, 0.6) is 5.88 Å². The van der Waals surface area contributed by atoms with E-state index in [1.54, 1.807) is 26.3 Å². The fraction of sp³-hybridized carbons (Fsp3) is 0.263. The van der Waals surface area contributed by atoms with Crippen LogP contribution in [0.15, 0.2) is 40.9 Å². The first-order valence-corrected chi connectivity index (χ1v) is 8.12. The largest absolute Gasteiger partial charge is 0.475 e. The highest BCUT2D eigenvalue weighted by molar-refractivity contribution is 5.98. The van der Waals surface area contributed by atoms with Crippen molar-refractivity contribution >= 4 is 16.9 Å². The lowest BCUT2D eigenvalue weighted by Crippen LogP contribution is -2.23. The van der Waals surface area contributed by atoms with Gasteiger partial charge < -0.3 is 19.2 Å². The highest BCUT2D eigenvalue weighted by Gasteiger charge is 2.17. The molecule has 1 aromatic carbocycles. The van der Waals surface area contributed by atoms with E-state index in [1.165, 1.54) is 18.2 Å². The fourth-order valence-corrected chi connectivity index (χ4v) is 2.50. The number of aromatic nitrogens is 1. The first-order valence-electron chi connectivity index (χ1n) is 8.12. The number of hydrogen-bond acceptors (Lipinski definition) is 5. The van der Waals surface area contributed by atoms with Gasteiger partial charge in [-0.25, -0.2) is 9.37 Å². The average Bonchev–Trinajstić information content (AvgIpc) is 2.97. The van der Waals surface area contributed by atoms with Gasteiger partial charge in [0.25, 0.3) is 5.91 Å². The Labute approximate surface area is 149 Å². The van der Waals surface area contributed by atoms with Crippen LogP contribution in [-0.2, 0) is 11.3 Å². The van der Waals surface area contributed by atoms with Crippen molar-refractivity contribution in [2.45, 2.75) is 13.5 Å². The maximum Gasteiger partial charge on any atom is 0.287 e. The molecular formula is C19H19FN2O4. The smallest absolute Gasteiger partial charge is 0.287 e. The minimum absolute atomic E-state index is 0.179. The van der Waals surface area contributed by atoms with E-state index < -0.39 is 0 Å². The number of carbonyl (C=O) groups is 1. The summed E-state index contributed by atoms with van der Waals surface area (Å²) in [5.41, 5.74) is 1.91. The van der Waals surface area contributed by atoms with Gasteiger partial charge in [-0.15, -0.1) is 0 Å². The second-order valence-corrected chi connectivity index (χ2v) is 5.73. The molecule has 0 unspecified atom stereocenters. The molecule has 2 heterocycles. The Bertz CT molecular complexity index is 906. The molecule has 0 atom stereocenters. The summed E-state index contributed by atoms with van der Waals surface area (Å²) >= 11 is 0. The van der Waals surface area contributed by atoms with E-state index in [-0.39, 0.29) is 24.0 Å². The number of rotatable bonds is 7. The molecule has 2 aromatic heterocycles. The second-order valence-electron chi connectivity index (χ2n) is 5.73. The number of hydrogen-bond donors (Lipinski definition) is 1. The minimum atomic E-state index is -0.368. The van der Waals surface area contributed by atoms with Gasteiger partial charge in [0.15, 0.2) is 5.76 Å². The Balaban J connectivity index is 1.63. The Hall–Kier alpha value is -2.93. The van der Waals surface area contributed by atoms with Gasteiger partial charge in [0.05, 0.1) is 6.61 Å². The molecule has 0 aliphatic carbocycles. The number of benzene rings is 1. The lowest BCUT2D eigenvalue weighted by atomic mass is 10.1. The molecule has 1 amide bonds. The number of furan rings is 1. The Morgan fingerprint density at radius 1 is 1.27 bits per heavy atom. The molecule has 136 valence electrons. The van der Waals surface area contributed by atoms with Crippen LogP contribution in [-0.4, -0.2) is 31.2 Å². The van der Waals surface area contributed by atoms with Crippen LogP contribution in [0.4, 0.5) is 4.39 Å². The molecular weight excluding hydrogens is 339 g/mol. The molecule has 0 aliphatic rings. The van der Waals surface area contributed by atoms with Crippen molar-refractivity contribution in [3.05, 3.63) is 59.2 Å². The predicted molar refractivity (Wildman–Crippen MR) is 93.7 cm³/mol. The van der Waals surface area contributed by atoms with Crippen molar-refractivity contribution in [2.75, 3.05) is 20.3 Å². The molecule has 3 aromatic rings.